The number of halogens is 1. The average Bonchev–Trinajstić information content (AvgIpc) is 2.65. The molecule has 0 saturated carbocycles. The molecule has 1 N–H and O–H groups in total. The monoisotopic (exact) mass is 384 g/mol. The zero-order valence-electron chi connectivity index (χ0n) is 15.8. The van der Waals surface area contributed by atoms with E-state index in [1.165, 1.54) is 36.2 Å². The van der Waals surface area contributed by atoms with Crippen LogP contribution in [0.25, 0.3) is 16.8 Å². The van der Waals surface area contributed by atoms with E-state index in [1.54, 1.807) is 44.2 Å². The molecule has 6 nitrogen and oxygen atoms in total. The molecule has 0 spiro atoms. The highest BCUT2D eigenvalue weighted by Crippen LogP contribution is 2.29. The van der Waals surface area contributed by atoms with Crippen molar-refractivity contribution in [3.63, 3.8) is 0 Å². The molecule has 0 unspecified atom stereocenters. The number of aliphatic hydroxyl groups is 1. The SMILES string of the molecule is COc1cc(-n2ncc(-c3cccc(F)c3)cc2=O)ccc1OCC(C)(C)O. The highest BCUT2D eigenvalue weighted by Gasteiger charge is 2.16. The fraction of sp³-hybridized carbons (Fsp3) is 0.238. The van der Waals surface area contributed by atoms with Crippen LogP contribution in [0.2, 0.25) is 0 Å². The maximum absolute atomic E-state index is 13.4. The molecule has 2 aromatic carbocycles. The van der Waals surface area contributed by atoms with Gasteiger partial charge in [-0.1, -0.05) is 12.1 Å². The minimum absolute atomic E-state index is 0.0865. The topological polar surface area (TPSA) is 73.6 Å². The second kappa shape index (κ2) is 7.82. The number of aromatic nitrogens is 2. The first-order chi connectivity index (χ1) is 13.3. The highest BCUT2D eigenvalue weighted by molar-refractivity contribution is 5.62. The Bertz CT molecular complexity index is 1040. The van der Waals surface area contributed by atoms with E-state index in [4.69, 9.17) is 9.47 Å². The summed E-state index contributed by atoms with van der Waals surface area (Å²) in [5.74, 6) is 0.468. The van der Waals surface area contributed by atoms with Crippen LogP contribution in [0.4, 0.5) is 4.39 Å². The first-order valence-electron chi connectivity index (χ1n) is 8.66. The Labute approximate surface area is 161 Å². The van der Waals surface area contributed by atoms with Gasteiger partial charge in [-0.05, 0) is 43.7 Å². The van der Waals surface area contributed by atoms with Crippen LogP contribution >= 0.6 is 0 Å². The smallest absolute Gasteiger partial charge is 0.272 e. The average molecular weight is 384 g/mol. The van der Waals surface area contributed by atoms with Gasteiger partial charge in [0.1, 0.15) is 12.4 Å². The summed E-state index contributed by atoms with van der Waals surface area (Å²) < 4.78 is 25.5. The summed E-state index contributed by atoms with van der Waals surface area (Å²) in [5.41, 5.74) is 0.231. The Balaban J connectivity index is 1.92. The van der Waals surface area contributed by atoms with Crippen molar-refractivity contribution in [3.8, 4) is 28.3 Å². The zero-order valence-corrected chi connectivity index (χ0v) is 15.8. The lowest BCUT2D eigenvalue weighted by atomic mass is 10.1. The number of methoxy groups -OCH3 is 1. The van der Waals surface area contributed by atoms with Gasteiger partial charge in [0.15, 0.2) is 11.5 Å². The van der Waals surface area contributed by atoms with Crippen molar-refractivity contribution in [1.29, 1.82) is 0 Å². The first kappa shape index (κ1) is 19.6. The molecule has 1 aromatic heterocycles. The van der Waals surface area contributed by atoms with Gasteiger partial charge >= 0.3 is 0 Å². The minimum atomic E-state index is -0.991. The highest BCUT2D eigenvalue weighted by atomic mass is 19.1. The van der Waals surface area contributed by atoms with Crippen LogP contribution < -0.4 is 15.0 Å². The molecule has 0 fully saturated rings. The number of nitrogens with zero attached hydrogens (tertiary/aromatic N) is 2. The molecular weight excluding hydrogens is 363 g/mol. The van der Waals surface area contributed by atoms with E-state index in [0.717, 1.165) is 0 Å². The number of hydrogen-bond acceptors (Lipinski definition) is 5. The molecule has 146 valence electrons. The van der Waals surface area contributed by atoms with Gasteiger partial charge in [0.25, 0.3) is 5.56 Å². The Morgan fingerprint density at radius 1 is 1.11 bits per heavy atom. The van der Waals surface area contributed by atoms with E-state index in [2.05, 4.69) is 5.10 Å². The third-order valence-electron chi connectivity index (χ3n) is 3.93. The molecule has 0 saturated heterocycles. The molecule has 7 heteroatoms. The normalized spacial score (nSPS) is 11.3. The number of benzene rings is 2. The van der Waals surface area contributed by atoms with Gasteiger partial charge < -0.3 is 14.6 Å². The van der Waals surface area contributed by atoms with E-state index >= 15 is 0 Å². The van der Waals surface area contributed by atoms with Gasteiger partial charge in [-0.3, -0.25) is 4.79 Å². The van der Waals surface area contributed by atoms with Crippen molar-refractivity contribution in [2.24, 2.45) is 0 Å². The largest absolute Gasteiger partial charge is 0.493 e. The van der Waals surface area contributed by atoms with Crippen molar-refractivity contribution >= 4 is 0 Å². The van der Waals surface area contributed by atoms with Crippen LogP contribution in [0.1, 0.15) is 13.8 Å². The molecule has 0 aliphatic rings. The predicted octanol–water partition coefficient (Wildman–Crippen LogP) is 3.20. The molecule has 0 bridgehead atoms. The number of rotatable bonds is 6. The number of ether oxygens (including phenoxy) is 2. The Morgan fingerprint density at radius 3 is 2.54 bits per heavy atom. The Morgan fingerprint density at radius 2 is 1.89 bits per heavy atom. The second-order valence-corrected chi connectivity index (χ2v) is 6.94. The Kier molecular flexibility index (Phi) is 5.46. The van der Waals surface area contributed by atoms with Crippen LogP contribution in [0.3, 0.4) is 0 Å². The van der Waals surface area contributed by atoms with Crippen molar-refractivity contribution in [1.82, 2.24) is 9.78 Å². The third-order valence-corrected chi connectivity index (χ3v) is 3.93. The van der Waals surface area contributed by atoms with Gasteiger partial charge in [0.2, 0.25) is 0 Å². The van der Waals surface area contributed by atoms with Crippen LogP contribution in [-0.4, -0.2) is 34.2 Å². The van der Waals surface area contributed by atoms with Crippen LogP contribution in [0.5, 0.6) is 11.5 Å². The van der Waals surface area contributed by atoms with Gasteiger partial charge in [0.05, 0.1) is 24.6 Å². The van der Waals surface area contributed by atoms with Gasteiger partial charge in [-0.15, -0.1) is 0 Å². The van der Waals surface area contributed by atoms with E-state index in [0.29, 0.717) is 28.3 Å². The molecule has 1 heterocycles. The fourth-order valence-electron chi connectivity index (χ4n) is 2.59. The minimum Gasteiger partial charge on any atom is -0.493 e. The standard InChI is InChI=1S/C21H21FN2O4/c1-21(2,26)13-28-18-8-7-17(11-19(18)27-3)24-20(25)10-15(12-23-24)14-5-4-6-16(22)9-14/h4-12,26H,13H2,1-3H3. The predicted molar refractivity (Wildman–Crippen MR) is 104 cm³/mol. The van der Waals surface area contributed by atoms with Crippen molar-refractivity contribution < 1.29 is 19.0 Å². The summed E-state index contributed by atoms with van der Waals surface area (Å²) in [7, 11) is 1.49. The van der Waals surface area contributed by atoms with E-state index in [1.807, 2.05) is 0 Å². The summed E-state index contributed by atoms with van der Waals surface area (Å²) in [6.45, 7) is 3.36. The van der Waals surface area contributed by atoms with E-state index < -0.39 is 5.60 Å². The van der Waals surface area contributed by atoms with Gasteiger partial charge in [-0.25, -0.2) is 4.39 Å². The van der Waals surface area contributed by atoms with Crippen LogP contribution in [0, 0.1) is 5.82 Å². The van der Waals surface area contributed by atoms with Crippen LogP contribution in [-0.2, 0) is 0 Å². The van der Waals surface area contributed by atoms with Crippen molar-refractivity contribution in [2.75, 3.05) is 13.7 Å². The summed E-state index contributed by atoms with van der Waals surface area (Å²) in [6, 6.07) is 12.3. The molecule has 28 heavy (non-hydrogen) atoms. The second-order valence-electron chi connectivity index (χ2n) is 6.94. The molecule has 3 rings (SSSR count). The fourth-order valence-corrected chi connectivity index (χ4v) is 2.59. The molecule has 0 aliphatic carbocycles. The van der Waals surface area contributed by atoms with Crippen LogP contribution in [0.15, 0.2) is 59.5 Å². The maximum Gasteiger partial charge on any atom is 0.272 e. The summed E-state index contributed by atoms with van der Waals surface area (Å²) in [5, 5.41) is 14.0. The van der Waals surface area contributed by atoms with E-state index in [-0.39, 0.29) is 18.0 Å². The molecule has 0 radical (unpaired) electrons. The quantitative estimate of drug-likeness (QED) is 0.707. The molecule has 0 aliphatic heterocycles. The summed E-state index contributed by atoms with van der Waals surface area (Å²) in [4.78, 5) is 12.5. The first-order valence-corrected chi connectivity index (χ1v) is 8.66. The molecule has 0 amide bonds. The lowest BCUT2D eigenvalue weighted by Gasteiger charge is -2.19. The van der Waals surface area contributed by atoms with Gasteiger partial charge in [-0.2, -0.15) is 9.78 Å². The summed E-state index contributed by atoms with van der Waals surface area (Å²) in [6.07, 6.45) is 1.50. The molecular formula is C21H21FN2O4. The lowest BCUT2D eigenvalue weighted by Crippen LogP contribution is -2.28. The third kappa shape index (κ3) is 4.55. The van der Waals surface area contributed by atoms with Gasteiger partial charge in [0, 0.05) is 17.7 Å². The van der Waals surface area contributed by atoms with E-state index in [9.17, 15) is 14.3 Å². The number of hydrogen-bond donors (Lipinski definition) is 1. The maximum atomic E-state index is 13.4. The lowest BCUT2D eigenvalue weighted by molar-refractivity contribution is 0.0276. The zero-order chi connectivity index (χ0) is 20.3. The molecule has 3 aromatic rings. The Hall–Kier alpha value is -3.19. The summed E-state index contributed by atoms with van der Waals surface area (Å²) >= 11 is 0. The van der Waals surface area contributed by atoms with Crippen molar-refractivity contribution in [3.05, 3.63) is 70.9 Å². The van der Waals surface area contributed by atoms with Crippen molar-refractivity contribution in [2.45, 2.75) is 19.4 Å². The molecule has 0 atom stereocenters.